The minimum atomic E-state index is 0.243. The Kier molecular flexibility index (Phi) is 5.93. The van der Waals surface area contributed by atoms with E-state index >= 15 is 0 Å². The SMILES string of the molecule is OCCCCCCNC1CCOC2(CCCC2)C1. The molecule has 1 aliphatic heterocycles. The molecule has 2 aliphatic rings. The predicted octanol–water partition coefficient (Wildman–Crippen LogP) is 2.62. The fourth-order valence-corrected chi connectivity index (χ4v) is 3.47. The predicted molar refractivity (Wildman–Crippen MR) is 73.7 cm³/mol. The van der Waals surface area contributed by atoms with Crippen LogP contribution in [0.2, 0.25) is 0 Å². The summed E-state index contributed by atoms with van der Waals surface area (Å²) in [4.78, 5) is 0. The van der Waals surface area contributed by atoms with Gasteiger partial charge in [-0.25, -0.2) is 0 Å². The van der Waals surface area contributed by atoms with Crippen molar-refractivity contribution in [1.29, 1.82) is 0 Å². The Morgan fingerprint density at radius 3 is 2.67 bits per heavy atom. The van der Waals surface area contributed by atoms with Gasteiger partial charge in [0.1, 0.15) is 0 Å². The third-order valence-corrected chi connectivity index (χ3v) is 4.53. The van der Waals surface area contributed by atoms with Crippen molar-refractivity contribution < 1.29 is 9.84 Å². The lowest BCUT2D eigenvalue weighted by molar-refractivity contribution is -0.0835. The topological polar surface area (TPSA) is 41.5 Å². The Morgan fingerprint density at radius 2 is 1.89 bits per heavy atom. The van der Waals surface area contributed by atoms with Crippen molar-refractivity contribution in [1.82, 2.24) is 5.32 Å². The van der Waals surface area contributed by atoms with Crippen molar-refractivity contribution in [2.75, 3.05) is 19.8 Å². The van der Waals surface area contributed by atoms with Gasteiger partial charge in [-0.2, -0.15) is 0 Å². The zero-order chi connectivity index (χ0) is 12.7. The second kappa shape index (κ2) is 7.46. The van der Waals surface area contributed by atoms with Gasteiger partial charge in [0.25, 0.3) is 0 Å². The van der Waals surface area contributed by atoms with Crippen LogP contribution in [0, 0.1) is 0 Å². The first-order valence-electron chi connectivity index (χ1n) is 7.83. The molecule has 1 unspecified atom stereocenters. The Bertz CT molecular complexity index is 227. The normalized spacial score (nSPS) is 26.8. The lowest BCUT2D eigenvalue weighted by Gasteiger charge is -2.38. The zero-order valence-electron chi connectivity index (χ0n) is 11.6. The molecule has 3 nitrogen and oxygen atoms in total. The van der Waals surface area contributed by atoms with Crippen LogP contribution in [-0.4, -0.2) is 36.5 Å². The maximum Gasteiger partial charge on any atom is 0.0697 e. The number of ether oxygens (including phenoxy) is 1. The van der Waals surface area contributed by atoms with Crippen molar-refractivity contribution in [2.24, 2.45) is 0 Å². The van der Waals surface area contributed by atoms with E-state index in [9.17, 15) is 0 Å². The summed E-state index contributed by atoms with van der Waals surface area (Å²) in [6, 6.07) is 0.676. The molecule has 0 aromatic heterocycles. The fourth-order valence-electron chi connectivity index (χ4n) is 3.47. The van der Waals surface area contributed by atoms with Crippen LogP contribution in [0.25, 0.3) is 0 Å². The van der Waals surface area contributed by atoms with E-state index in [0.29, 0.717) is 12.6 Å². The molecule has 2 fully saturated rings. The van der Waals surface area contributed by atoms with Gasteiger partial charge in [0.2, 0.25) is 0 Å². The first-order chi connectivity index (χ1) is 8.85. The van der Waals surface area contributed by atoms with Crippen LogP contribution >= 0.6 is 0 Å². The molecule has 18 heavy (non-hydrogen) atoms. The first kappa shape index (κ1) is 14.3. The molecule has 106 valence electrons. The largest absolute Gasteiger partial charge is 0.396 e. The maximum absolute atomic E-state index is 8.71. The highest BCUT2D eigenvalue weighted by Crippen LogP contribution is 2.39. The number of unbranched alkanes of at least 4 members (excludes halogenated alkanes) is 3. The molecule has 3 heteroatoms. The summed E-state index contributed by atoms with van der Waals surface area (Å²) in [5, 5.41) is 12.4. The van der Waals surface area contributed by atoms with Crippen molar-refractivity contribution in [3.05, 3.63) is 0 Å². The summed E-state index contributed by atoms with van der Waals surface area (Å²) in [5.74, 6) is 0. The average molecular weight is 255 g/mol. The van der Waals surface area contributed by atoms with E-state index in [0.717, 1.165) is 26.0 Å². The standard InChI is InChI=1S/C15H29NO2/c17-11-6-2-1-5-10-16-14-7-12-18-15(13-14)8-3-4-9-15/h14,16-17H,1-13H2. The van der Waals surface area contributed by atoms with Crippen LogP contribution < -0.4 is 5.32 Å². The van der Waals surface area contributed by atoms with Crippen LogP contribution in [0.4, 0.5) is 0 Å². The first-order valence-corrected chi connectivity index (χ1v) is 7.83. The van der Waals surface area contributed by atoms with Crippen molar-refractivity contribution >= 4 is 0 Å². The Hall–Kier alpha value is -0.120. The second-order valence-electron chi connectivity index (χ2n) is 6.02. The molecule has 0 aromatic rings. The molecule has 1 saturated heterocycles. The summed E-state index contributed by atoms with van der Waals surface area (Å²) in [6.07, 6.45) is 12.3. The summed E-state index contributed by atoms with van der Waals surface area (Å²) < 4.78 is 6.05. The molecule has 1 atom stereocenters. The van der Waals surface area contributed by atoms with E-state index in [-0.39, 0.29) is 5.60 Å². The van der Waals surface area contributed by atoms with E-state index in [1.807, 2.05) is 0 Å². The summed E-state index contributed by atoms with van der Waals surface area (Å²) in [6.45, 7) is 2.42. The van der Waals surface area contributed by atoms with Crippen LogP contribution in [0.15, 0.2) is 0 Å². The van der Waals surface area contributed by atoms with Gasteiger partial charge < -0.3 is 15.2 Å². The molecule has 0 radical (unpaired) electrons. The van der Waals surface area contributed by atoms with Crippen molar-refractivity contribution in [3.63, 3.8) is 0 Å². The number of nitrogens with one attached hydrogen (secondary N) is 1. The molecule has 0 amide bonds. The van der Waals surface area contributed by atoms with Crippen molar-refractivity contribution in [3.8, 4) is 0 Å². The molecule has 2 N–H and O–H groups in total. The maximum atomic E-state index is 8.71. The Labute approximate surface area is 111 Å². The minimum Gasteiger partial charge on any atom is -0.396 e. The van der Waals surface area contributed by atoms with E-state index < -0.39 is 0 Å². The summed E-state index contributed by atoms with van der Waals surface area (Å²) in [5.41, 5.74) is 0.243. The lowest BCUT2D eigenvalue weighted by Crippen LogP contribution is -2.45. The van der Waals surface area contributed by atoms with Gasteiger partial charge in [-0.05, 0) is 45.1 Å². The summed E-state index contributed by atoms with van der Waals surface area (Å²) in [7, 11) is 0. The number of hydrogen-bond donors (Lipinski definition) is 2. The molecule has 1 spiro atoms. The van der Waals surface area contributed by atoms with Crippen molar-refractivity contribution in [2.45, 2.75) is 75.9 Å². The monoisotopic (exact) mass is 255 g/mol. The van der Waals surface area contributed by atoms with Gasteiger partial charge in [0, 0.05) is 19.3 Å². The number of hydrogen-bond acceptors (Lipinski definition) is 3. The molecule has 0 aromatic carbocycles. The van der Waals surface area contributed by atoms with E-state index in [1.165, 1.54) is 51.4 Å². The summed E-state index contributed by atoms with van der Waals surface area (Å²) >= 11 is 0. The van der Waals surface area contributed by atoms with Gasteiger partial charge >= 0.3 is 0 Å². The van der Waals surface area contributed by atoms with Gasteiger partial charge in [-0.15, -0.1) is 0 Å². The highest BCUT2D eigenvalue weighted by molar-refractivity contribution is 4.93. The molecule has 1 aliphatic carbocycles. The number of rotatable bonds is 7. The van der Waals surface area contributed by atoms with Gasteiger partial charge in [-0.1, -0.05) is 25.7 Å². The molecule has 1 saturated carbocycles. The van der Waals surface area contributed by atoms with Crippen LogP contribution in [0.5, 0.6) is 0 Å². The molecule has 2 rings (SSSR count). The highest BCUT2D eigenvalue weighted by atomic mass is 16.5. The molecule has 1 heterocycles. The number of aliphatic hydroxyl groups excluding tert-OH is 1. The minimum absolute atomic E-state index is 0.243. The van der Waals surface area contributed by atoms with Gasteiger partial charge in [0.15, 0.2) is 0 Å². The van der Waals surface area contributed by atoms with Crippen LogP contribution in [-0.2, 0) is 4.74 Å². The smallest absolute Gasteiger partial charge is 0.0697 e. The fraction of sp³-hybridized carbons (Fsp3) is 1.00. The Morgan fingerprint density at radius 1 is 1.11 bits per heavy atom. The van der Waals surface area contributed by atoms with E-state index in [1.54, 1.807) is 0 Å². The lowest BCUT2D eigenvalue weighted by atomic mass is 9.89. The van der Waals surface area contributed by atoms with E-state index in [2.05, 4.69) is 5.32 Å². The van der Waals surface area contributed by atoms with Crippen LogP contribution in [0.1, 0.15) is 64.2 Å². The third-order valence-electron chi connectivity index (χ3n) is 4.53. The Balaban J connectivity index is 1.58. The van der Waals surface area contributed by atoms with Gasteiger partial charge in [-0.3, -0.25) is 0 Å². The molecule has 0 bridgehead atoms. The quantitative estimate of drug-likeness (QED) is 0.687. The highest BCUT2D eigenvalue weighted by Gasteiger charge is 2.39. The van der Waals surface area contributed by atoms with Crippen LogP contribution in [0.3, 0.4) is 0 Å². The second-order valence-corrected chi connectivity index (χ2v) is 6.02. The zero-order valence-corrected chi connectivity index (χ0v) is 11.6. The molecular weight excluding hydrogens is 226 g/mol. The molecular formula is C15H29NO2. The number of aliphatic hydroxyl groups is 1. The third kappa shape index (κ3) is 4.22. The average Bonchev–Trinajstić information content (AvgIpc) is 2.82. The van der Waals surface area contributed by atoms with Gasteiger partial charge in [0.05, 0.1) is 5.60 Å². The van der Waals surface area contributed by atoms with E-state index in [4.69, 9.17) is 9.84 Å².